The Balaban J connectivity index is 2.53. The fourth-order valence-electron chi connectivity index (χ4n) is 3.32. The molecule has 96 valence electrons. The summed E-state index contributed by atoms with van der Waals surface area (Å²) in [5.41, 5.74) is 2.59. The van der Waals surface area contributed by atoms with E-state index in [0.717, 1.165) is 0 Å². The second kappa shape index (κ2) is 3.97. The van der Waals surface area contributed by atoms with Gasteiger partial charge in [-0.3, -0.25) is 0 Å². The number of para-hydroxylation sites is 2. The Kier molecular flexibility index (Phi) is 2.25. The van der Waals surface area contributed by atoms with Crippen LogP contribution in [-0.4, -0.2) is 4.40 Å². The van der Waals surface area contributed by atoms with Crippen LogP contribution in [0, 0.1) is 0 Å². The maximum atomic E-state index is 3.85. The van der Waals surface area contributed by atoms with E-state index in [0.29, 0.717) is 0 Å². The van der Waals surface area contributed by atoms with Gasteiger partial charge in [-0.2, -0.15) is 0 Å². The van der Waals surface area contributed by atoms with Gasteiger partial charge in [0.2, 0.25) is 0 Å². The summed E-state index contributed by atoms with van der Waals surface area (Å²) in [4.78, 5) is 0. The molecule has 4 aromatic rings. The van der Waals surface area contributed by atoms with E-state index in [4.69, 9.17) is 0 Å². The standard InChI is InChI=1S/C19H15N/c1-3-8-13-15-10-7-11-16-14-9-5-6-12-18(14)20(19(15)16)17(13)4-2/h3-12H,1H2,2H3/b13-8-,17-4+. The molecule has 2 aromatic carbocycles. The highest BCUT2D eigenvalue weighted by molar-refractivity contribution is 6.14. The van der Waals surface area contributed by atoms with Gasteiger partial charge in [-0.05, 0) is 13.0 Å². The number of nitrogens with zero attached hydrogens (tertiary/aromatic N) is 1. The summed E-state index contributed by atoms with van der Waals surface area (Å²) in [6, 6.07) is 15.2. The molecule has 0 saturated carbocycles. The molecule has 2 aromatic heterocycles. The van der Waals surface area contributed by atoms with Gasteiger partial charge in [0.05, 0.1) is 11.0 Å². The number of benzene rings is 2. The Morgan fingerprint density at radius 3 is 2.50 bits per heavy atom. The minimum absolute atomic E-state index is 1.25. The van der Waals surface area contributed by atoms with Crippen LogP contribution < -0.4 is 10.6 Å². The molecule has 0 unspecified atom stereocenters. The molecular formula is C19H15N. The van der Waals surface area contributed by atoms with Crippen molar-refractivity contribution in [3.8, 4) is 0 Å². The van der Waals surface area contributed by atoms with Crippen molar-refractivity contribution in [2.24, 2.45) is 0 Å². The molecule has 0 aliphatic heterocycles. The first-order valence-corrected chi connectivity index (χ1v) is 6.89. The van der Waals surface area contributed by atoms with Gasteiger partial charge in [-0.1, -0.05) is 61.2 Å². The number of hydrogen-bond donors (Lipinski definition) is 0. The van der Waals surface area contributed by atoms with Crippen LogP contribution in [0.3, 0.4) is 0 Å². The van der Waals surface area contributed by atoms with Gasteiger partial charge in [0, 0.05) is 26.7 Å². The van der Waals surface area contributed by atoms with Crippen molar-refractivity contribution in [2.45, 2.75) is 6.92 Å². The van der Waals surface area contributed by atoms with E-state index in [1.54, 1.807) is 0 Å². The zero-order chi connectivity index (χ0) is 13.7. The predicted octanol–water partition coefficient (Wildman–Crippen LogP) is 3.45. The third-order valence-electron chi connectivity index (χ3n) is 4.06. The first-order valence-electron chi connectivity index (χ1n) is 6.89. The van der Waals surface area contributed by atoms with Gasteiger partial charge in [-0.15, -0.1) is 0 Å². The first kappa shape index (κ1) is 11.3. The lowest BCUT2D eigenvalue weighted by atomic mass is 10.1. The molecule has 1 nitrogen and oxygen atoms in total. The Bertz CT molecular complexity index is 1060. The molecular weight excluding hydrogens is 242 g/mol. The highest BCUT2D eigenvalue weighted by Gasteiger charge is 2.13. The van der Waals surface area contributed by atoms with E-state index in [1.165, 1.54) is 37.8 Å². The molecule has 0 spiro atoms. The fourth-order valence-corrected chi connectivity index (χ4v) is 3.32. The molecule has 4 rings (SSSR count). The van der Waals surface area contributed by atoms with Crippen molar-refractivity contribution < 1.29 is 0 Å². The summed E-state index contributed by atoms with van der Waals surface area (Å²) in [5.74, 6) is 0. The second-order valence-corrected chi connectivity index (χ2v) is 5.04. The molecule has 0 aliphatic rings. The van der Waals surface area contributed by atoms with E-state index in [-0.39, 0.29) is 0 Å². The summed E-state index contributed by atoms with van der Waals surface area (Å²) in [6.45, 7) is 5.95. The van der Waals surface area contributed by atoms with E-state index in [1.807, 2.05) is 6.08 Å². The molecule has 20 heavy (non-hydrogen) atoms. The molecule has 2 heterocycles. The van der Waals surface area contributed by atoms with Crippen LogP contribution >= 0.6 is 0 Å². The van der Waals surface area contributed by atoms with E-state index in [9.17, 15) is 0 Å². The smallest absolute Gasteiger partial charge is 0.0620 e. The number of allylic oxidation sites excluding steroid dienone is 1. The predicted molar refractivity (Wildman–Crippen MR) is 87.6 cm³/mol. The SMILES string of the molecule is C=C/C=c1\c(=C/C)n2c3ccccc3c3cccc1c32. The van der Waals surface area contributed by atoms with Crippen LogP contribution in [0.1, 0.15) is 6.92 Å². The largest absolute Gasteiger partial charge is 0.308 e. The minimum atomic E-state index is 1.25. The molecule has 0 radical (unpaired) electrons. The van der Waals surface area contributed by atoms with Crippen molar-refractivity contribution in [3.63, 3.8) is 0 Å². The molecule has 0 saturated heterocycles. The molecule has 0 fully saturated rings. The lowest BCUT2D eigenvalue weighted by molar-refractivity contribution is 1.21. The van der Waals surface area contributed by atoms with Gasteiger partial charge >= 0.3 is 0 Å². The highest BCUT2D eigenvalue weighted by atomic mass is 14.9. The van der Waals surface area contributed by atoms with Crippen molar-refractivity contribution in [3.05, 3.63) is 65.7 Å². The van der Waals surface area contributed by atoms with Gasteiger partial charge in [0.1, 0.15) is 0 Å². The third kappa shape index (κ3) is 1.22. The van der Waals surface area contributed by atoms with E-state index in [2.05, 4.69) is 72.5 Å². The monoisotopic (exact) mass is 257 g/mol. The summed E-state index contributed by atoms with van der Waals surface area (Å²) in [7, 11) is 0. The molecule has 0 bridgehead atoms. The van der Waals surface area contributed by atoms with Crippen LogP contribution in [0.2, 0.25) is 0 Å². The summed E-state index contributed by atoms with van der Waals surface area (Å²) >= 11 is 0. The van der Waals surface area contributed by atoms with Crippen LogP contribution in [-0.2, 0) is 0 Å². The van der Waals surface area contributed by atoms with Gasteiger partial charge in [-0.25, -0.2) is 0 Å². The maximum Gasteiger partial charge on any atom is 0.0620 e. The zero-order valence-corrected chi connectivity index (χ0v) is 11.4. The van der Waals surface area contributed by atoms with Crippen molar-refractivity contribution in [1.82, 2.24) is 4.40 Å². The minimum Gasteiger partial charge on any atom is -0.308 e. The Hall–Kier alpha value is -2.54. The summed E-state index contributed by atoms with van der Waals surface area (Å²) in [6.07, 6.45) is 6.15. The molecule has 1 heteroatoms. The quantitative estimate of drug-likeness (QED) is 0.492. The van der Waals surface area contributed by atoms with Gasteiger partial charge < -0.3 is 4.40 Å². The first-order chi connectivity index (χ1) is 9.86. The summed E-state index contributed by atoms with van der Waals surface area (Å²) < 4.78 is 2.37. The lowest BCUT2D eigenvalue weighted by Gasteiger charge is -1.93. The Morgan fingerprint density at radius 1 is 0.950 bits per heavy atom. The number of hydrogen-bond acceptors (Lipinski definition) is 0. The molecule has 0 amide bonds. The molecule has 0 N–H and O–H groups in total. The van der Waals surface area contributed by atoms with Crippen LogP contribution in [0.15, 0.2) is 55.1 Å². The topological polar surface area (TPSA) is 4.41 Å². The Labute approximate surface area is 117 Å². The van der Waals surface area contributed by atoms with E-state index < -0.39 is 0 Å². The van der Waals surface area contributed by atoms with Crippen LogP contribution in [0.5, 0.6) is 0 Å². The van der Waals surface area contributed by atoms with E-state index >= 15 is 0 Å². The average Bonchev–Trinajstić information content (AvgIpc) is 2.99. The highest BCUT2D eigenvalue weighted by Crippen LogP contribution is 2.29. The number of fused-ring (bicyclic) bond motifs is 3. The molecule has 0 atom stereocenters. The lowest BCUT2D eigenvalue weighted by Crippen LogP contribution is -2.25. The second-order valence-electron chi connectivity index (χ2n) is 5.04. The third-order valence-corrected chi connectivity index (χ3v) is 4.06. The average molecular weight is 257 g/mol. The zero-order valence-electron chi connectivity index (χ0n) is 11.4. The van der Waals surface area contributed by atoms with Crippen molar-refractivity contribution in [1.29, 1.82) is 0 Å². The number of aromatic nitrogens is 1. The number of rotatable bonds is 1. The van der Waals surface area contributed by atoms with Crippen LogP contribution in [0.4, 0.5) is 0 Å². The normalized spacial score (nSPS) is 14.1. The van der Waals surface area contributed by atoms with Crippen molar-refractivity contribution >= 4 is 39.3 Å². The molecule has 0 aliphatic carbocycles. The fraction of sp³-hybridized carbons (Fsp3) is 0.0526. The maximum absolute atomic E-state index is 3.85. The van der Waals surface area contributed by atoms with Gasteiger partial charge in [0.25, 0.3) is 0 Å². The van der Waals surface area contributed by atoms with Crippen molar-refractivity contribution in [2.75, 3.05) is 0 Å². The Morgan fingerprint density at radius 2 is 1.70 bits per heavy atom. The van der Waals surface area contributed by atoms with Crippen LogP contribution in [0.25, 0.3) is 39.3 Å². The summed E-state index contributed by atoms with van der Waals surface area (Å²) in [5, 5.41) is 6.45. The van der Waals surface area contributed by atoms with Gasteiger partial charge in [0.15, 0.2) is 0 Å².